The number of benzene rings is 1. The number of aromatic nitrogens is 2. The molecule has 0 spiro atoms. The standard InChI is InChI=1S/C12H12F3N3S/c13-12(14,15)19-11-3-1-9(2-4-11)5-16-6-10-7-17-8-18-10/h1-4,7-8,16H,5-6H2,(H,17,18). The molecule has 3 nitrogen and oxygen atoms in total. The maximum Gasteiger partial charge on any atom is 0.446 e. The maximum absolute atomic E-state index is 12.1. The fraction of sp³-hybridized carbons (Fsp3) is 0.250. The van der Waals surface area contributed by atoms with Crippen LogP contribution in [0.3, 0.4) is 0 Å². The Morgan fingerprint density at radius 2 is 1.89 bits per heavy atom. The van der Waals surface area contributed by atoms with Gasteiger partial charge in [0, 0.05) is 29.9 Å². The average Bonchev–Trinajstić information content (AvgIpc) is 2.82. The van der Waals surface area contributed by atoms with Crippen LogP contribution in [0.5, 0.6) is 0 Å². The third kappa shape index (κ3) is 4.96. The van der Waals surface area contributed by atoms with Gasteiger partial charge in [0.15, 0.2) is 0 Å². The summed E-state index contributed by atoms with van der Waals surface area (Å²) in [6.07, 6.45) is 3.32. The SMILES string of the molecule is FC(F)(F)Sc1ccc(CNCc2cnc[nH]2)cc1. The number of nitrogens with one attached hydrogen (secondary N) is 2. The van der Waals surface area contributed by atoms with Gasteiger partial charge in [-0.15, -0.1) is 0 Å². The van der Waals surface area contributed by atoms with E-state index in [-0.39, 0.29) is 16.7 Å². The first-order valence-corrected chi connectivity index (χ1v) is 6.37. The lowest BCUT2D eigenvalue weighted by Gasteiger charge is -2.07. The lowest BCUT2D eigenvalue weighted by molar-refractivity contribution is -0.0328. The molecule has 0 fully saturated rings. The number of imidazole rings is 1. The minimum absolute atomic E-state index is 0.102. The molecule has 0 aliphatic heterocycles. The van der Waals surface area contributed by atoms with Crippen LogP contribution < -0.4 is 5.32 Å². The molecule has 0 aliphatic rings. The topological polar surface area (TPSA) is 40.7 Å². The molecule has 2 aromatic rings. The molecule has 0 unspecified atom stereocenters. The molecule has 7 heteroatoms. The van der Waals surface area contributed by atoms with Crippen LogP contribution in [0.1, 0.15) is 11.3 Å². The van der Waals surface area contributed by atoms with Crippen molar-refractivity contribution in [3.8, 4) is 0 Å². The van der Waals surface area contributed by atoms with Gasteiger partial charge in [0.1, 0.15) is 0 Å². The van der Waals surface area contributed by atoms with Crippen molar-refractivity contribution in [2.45, 2.75) is 23.5 Å². The number of thioether (sulfide) groups is 1. The van der Waals surface area contributed by atoms with Crippen LogP contribution in [0.4, 0.5) is 13.2 Å². The zero-order valence-corrected chi connectivity index (χ0v) is 10.7. The fourth-order valence-corrected chi connectivity index (χ4v) is 2.07. The molecule has 1 aromatic carbocycles. The van der Waals surface area contributed by atoms with E-state index in [1.54, 1.807) is 24.7 Å². The lowest BCUT2D eigenvalue weighted by atomic mass is 10.2. The van der Waals surface area contributed by atoms with Gasteiger partial charge in [-0.25, -0.2) is 4.98 Å². The summed E-state index contributed by atoms with van der Waals surface area (Å²) in [5.74, 6) is 0. The van der Waals surface area contributed by atoms with Crippen molar-refractivity contribution in [3.63, 3.8) is 0 Å². The number of hydrogen-bond acceptors (Lipinski definition) is 3. The highest BCUT2D eigenvalue weighted by Gasteiger charge is 2.28. The quantitative estimate of drug-likeness (QED) is 0.829. The first-order valence-electron chi connectivity index (χ1n) is 5.55. The second kappa shape index (κ2) is 6.12. The molecular weight excluding hydrogens is 275 g/mol. The largest absolute Gasteiger partial charge is 0.446 e. The monoisotopic (exact) mass is 287 g/mol. The van der Waals surface area contributed by atoms with Crippen LogP contribution >= 0.6 is 11.8 Å². The molecule has 1 heterocycles. The number of rotatable bonds is 5. The Morgan fingerprint density at radius 3 is 2.47 bits per heavy atom. The number of nitrogens with zero attached hydrogens (tertiary/aromatic N) is 1. The molecule has 0 saturated carbocycles. The van der Waals surface area contributed by atoms with Crippen LogP contribution in [0.15, 0.2) is 41.7 Å². The zero-order chi connectivity index (χ0) is 13.7. The third-order valence-corrected chi connectivity index (χ3v) is 3.10. The Morgan fingerprint density at radius 1 is 1.16 bits per heavy atom. The number of halogens is 3. The third-order valence-electron chi connectivity index (χ3n) is 2.36. The predicted molar refractivity (Wildman–Crippen MR) is 67.5 cm³/mol. The molecule has 0 amide bonds. The van der Waals surface area contributed by atoms with Crippen molar-refractivity contribution in [3.05, 3.63) is 48.0 Å². The van der Waals surface area contributed by atoms with Gasteiger partial charge in [0.05, 0.1) is 6.33 Å². The average molecular weight is 287 g/mol. The second-order valence-corrected chi connectivity index (χ2v) is 5.01. The van der Waals surface area contributed by atoms with Gasteiger partial charge in [-0.2, -0.15) is 13.2 Å². The van der Waals surface area contributed by atoms with Crippen molar-refractivity contribution in [2.75, 3.05) is 0 Å². The van der Waals surface area contributed by atoms with Crippen molar-refractivity contribution >= 4 is 11.8 Å². The molecule has 0 aliphatic carbocycles. The Bertz CT molecular complexity index is 494. The van der Waals surface area contributed by atoms with E-state index in [0.29, 0.717) is 13.1 Å². The van der Waals surface area contributed by atoms with Crippen molar-refractivity contribution in [1.82, 2.24) is 15.3 Å². The van der Waals surface area contributed by atoms with E-state index in [4.69, 9.17) is 0 Å². The summed E-state index contributed by atoms with van der Waals surface area (Å²) in [5.41, 5.74) is -2.34. The van der Waals surface area contributed by atoms with Crippen molar-refractivity contribution < 1.29 is 13.2 Å². The van der Waals surface area contributed by atoms with Gasteiger partial charge < -0.3 is 10.3 Å². The van der Waals surface area contributed by atoms with Gasteiger partial charge in [0.2, 0.25) is 0 Å². The molecule has 0 atom stereocenters. The van der Waals surface area contributed by atoms with Crippen molar-refractivity contribution in [2.24, 2.45) is 0 Å². The van der Waals surface area contributed by atoms with Gasteiger partial charge in [-0.05, 0) is 29.5 Å². The summed E-state index contributed by atoms with van der Waals surface area (Å²) >= 11 is -0.102. The molecule has 0 saturated heterocycles. The van der Waals surface area contributed by atoms with Crippen LogP contribution in [0.25, 0.3) is 0 Å². The maximum atomic E-state index is 12.1. The van der Waals surface area contributed by atoms with E-state index in [1.165, 1.54) is 12.1 Å². The second-order valence-electron chi connectivity index (χ2n) is 3.87. The predicted octanol–water partition coefficient (Wildman–Crippen LogP) is 3.31. The smallest absolute Gasteiger partial charge is 0.347 e. The van der Waals surface area contributed by atoms with Crippen LogP contribution in [0, 0.1) is 0 Å². The van der Waals surface area contributed by atoms with E-state index in [9.17, 15) is 13.2 Å². The summed E-state index contributed by atoms with van der Waals surface area (Å²) in [7, 11) is 0. The van der Waals surface area contributed by atoms with Crippen LogP contribution in [-0.4, -0.2) is 15.5 Å². The molecule has 0 bridgehead atoms. The van der Waals surface area contributed by atoms with E-state index in [2.05, 4.69) is 15.3 Å². The minimum atomic E-state index is -4.24. The summed E-state index contributed by atoms with van der Waals surface area (Å²) in [6, 6.07) is 6.33. The van der Waals surface area contributed by atoms with E-state index in [1.807, 2.05) is 0 Å². The Balaban J connectivity index is 1.81. The fourth-order valence-electron chi connectivity index (χ4n) is 1.53. The van der Waals surface area contributed by atoms with E-state index in [0.717, 1.165) is 11.3 Å². The van der Waals surface area contributed by atoms with Crippen LogP contribution in [0.2, 0.25) is 0 Å². The zero-order valence-electron chi connectivity index (χ0n) is 9.87. The molecule has 2 rings (SSSR count). The molecule has 0 radical (unpaired) electrons. The lowest BCUT2D eigenvalue weighted by Crippen LogP contribution is -2.12. The summed E-state index contributed by atoms with van der Waals surface area (Å²) in [5, 5.41) is 3.17. The number of aromatic amines is 1. The number of H-pyrrole nitrogens is 1. The summed E-state index contributed by atoms with van der Waals surface area (Å²) in [6.45, 7) is 1.23. The highest BCUT2D eigenvalue weighted by Crippen LogP contribution is 2.36. The van der Waals surface area contributed by atoms with Gasteiger partial charge in [-0.3, -0.25) is 0 Å². The highest BCUT2D eigenvalue weighted by molar-refractivity contribution is 8.00. The van der Waals surface area contributed by atoms with Crippen molar-refractivity contribution in [1.29, 1.82) is 0 Å². The van der Waals surface area contributed by atoms with Gasteiger partial charge in [-0.1, -0.05) is 12.1 Å². The molecule has 2 N–H and O–H groups in total. The van der Waals surface area contributed by atoms with Crippen LogP contribution in [-0.2, 0) is 13.1 Å². The molecule has 1 aromatic heterocycles. The Kier molecular flexibility index (Phi) is 4.49. The Hall–Kier alpha value is -1.47. The first kappa shape index (κ1) is 14.0. The highest BCUT2D eigenvalue weighted by atomic mass is 32.2. The first-order chi connectivity index (χ1) is 9.03. The number of hydrogen-bond donors (Lipinski definition) is 2. The molecule has 102 valence electrons. The molecule has 19 heavy (non-hydrogen) atoms. The van der Waals surface area contributed by atoms with Gasteiger partial charge >= 0.3 is 5.51 Å². The normalized spacial score (nSPS) is 11.7. The summed E-state index contributed by atoms with van der Waals surface area (Å²) < 4.78 is 36.4. The van der Waals surface area contributed by atoms with E-state index >= 15 is 0 Å². The molecular formula is C12H12F3N3S. The summed E-state index contributed by atoms with van der Waals surface area (Å²) in [4.78, 5) is 7.04. The number of alkyl halides is 3. The van der Waals surface area contributed by atoms with E-state index < -0.39 is 5.51 Å². The van der Waals surface area contributed by atoms with Gasteiger partial charge in [0.25, 0.3) is 0 Å². The Labute approximate surface area is 112 Å². The minimum Gasteiger partial charge on any atom is -0.347 e.